The number of hydrogen-bond acceptors (Lipinski definition) is 5. The van der Waals surface area contributed by atoms with Crippen LogP contribution in [-0.2, 0) is 9.53 Å². The van der Waals surface area contributed by atoms with Crippen LogP contribution in [0.3, 0.4) is 0 Å². The Balaban J connectivity index is 1.44. The summed E-state index contributed by atoms with van der Waals surface area (Å²) in [5.74, 6) is -2.37. The molecule has 1 atom stereocenters. The van der Waals surface area contributed by atoms with Gasteiger partial charge < -0.3 is 10.1 Å². The van der Waals surface area contributed by atoms with Gasteiger partial charge in [0, 0.05) is 0 Å². The Morgan fingerprint density at radius 3 is 2.38 bits per heavy atom. The first kappa shape index (κ1) is 23.5. The van der Waals surface area contributed by atoms with Crippen molar-refractivity contribution in [1.29, 1.82) is 0 Å². The minimum atomic E-state index is -0.815. The molecular formula is C25H18Cl2N2O5. The number of rotatable bonds is 6. The fourth-order valence-electron chi connectivity index (χ4n) is 3.62. The van der Waals surface area contributed by atoms with Gasteiger partial charge in [-0.3, -0.25) is 19.3 Å². The lowest BCUT2D eigenvalue weighted by Gasteiger charge is -2.22. The zero-order valence-electron chi connectivity index (χ0n) is 17.9. The highest BCUT2D eigenvalue weighted by molar-refractivity contribution is 6.44. The van der Waals surface area contributed by atoms with Gasteiger partial charge in [0.1, 0.15) is 0 Å². The monoisotopic (exact) mass is 496 g/mol. The summed E-state index contributed by atoms with van der Waals surface area (Å²) < 4.78 is 5.06. The van der Waals surface area contributed by atoms with E-state index in [0.717, 1.165) is 10.5 Å². The number of hydrogen-bond donors (Lipinski definition) is 1. The smallest absolute Gasteiger partial charge is 0.338 e. The van der Waals surface area contributed by atoms with Crippen molar-refractivity contribution in [3.63, 3.8) is 0 Å². The average molecular weight is 497 g/mol. The van der Waals surface area contributed by atoms with Gasteiger partial charge in [0.2, 0.25) is 0 Å². The molecule has 3 aromatic rings. The average Bonchev–Trinajstić information content (AvgIpc) is 3.09. The highest BCUT2D eigenvalue weighted by atomic mass is 35.5. The minimum Gasteiger partial charge on any atom is -0.452 e. The summed E-state index contributed by atoms with van der Waals surface area (Å²) in [4.78, 5) is 51.7. The number of nitrogens with zero attached hydrogens (tertiary/aromatic N) is 1. The van der Waals surface area contributed by atoms with Crippen LogP contribution >= 0.6 is 23.2 Å². The van der Waals surface area contributed by atoms with Crippen molar-refractivity contribution in [3.05, 3.63) is 99.0 Å². The minimum absolute atomic E-state index is 0.0442. The molecule has 0 aromatic heterocycles. The molecule has 1 heterocycles. The number of halogens is 2. The number of anilines is 1. The van der Waals surface area contributed by atoms with Crippen molar-refractivity contribution >= 4 is 52.6 Å². The Labute approximate surface area is 205 Å². The molecule has 1 aliphatic heterocycles. The molecule has 172 valence electrons. The zero-order chi connectivity index (χ0) is 24.4. The fourth-order valence-corrected chi connectivity index (χ4v) is 3.97. The highest BCUT2D eigenvalue weighted by Crippen LogP contribution is 2.32. The summed E-state index contributed by atoms with van der Waals surface area (Å²) in [6, 6.07) is 17.5. The first-order chi connectivity index (χ1) is 16.3. The van der Waals surface area contributed by atoms with Crippen LogP contribution < -0.4 is 5.32 Å². The van der Waals surface area contributed by atoms with Crippen molar-refractivity contribution in [2.75, 3.05) is 11.9 Å². The summed E-state index contributed by atoms with van der Waals surface area (Å²) in [6.07, 6.45) is 0. The van der Waals surface area contributed by atoms with E-state index in [1.807, 2.05) is 30.3 Å². The maximum absolute atomic E-state index is 13.0. The number of amides is 3. The summed E-state index contributed by atoms with van der Waals surface area (Å²) in [7, 11) is 0. The number of imide groups is 1. The largest absolute Gasteiger partial charge is 0.452 e. The normalized spacial score (nSPS) is 13.4. The third-order valence-corrected chi connectivity index (χ3v) is 6.20. The SMILES string of the molecule is C[C@@H](c1ccccc1)N1C(=O)c2ccc(C(=O)OCC(=O)Nc3cccc(Cl)c3Cl)cc2C1=O. The van der Waals surface area contributed by atoms with E-state index in [2.05, 4.69) is 5.32 Å². The van der Waals surface area contributed by atoms with Crippen molar-refractivity contribution in [3.8, 4) is 0 Å². The Kier molecular flexibility index (Phi) is 6.68. The maximum atomic E-state index is 13.0. The Hall–Kier alpha value is -3.68. The first-order valence-corrected chi connectivity index (χ1v) is 11.0. The molecule has 1 N–H and O–H groups in total. The molecule has 3 aromatic carbocycles. The molecule has 1 aliphatic rings. The maximum Gasteiger partial charge on any atom is 0.338 e. The quantitative estimate of drug-likeness (QED) is 0.376. The molecule has 3 amide bonds. The number of nitrogens with one attached hydrogen (secondary N) is 1. The third kappa shape index (κ3) is 4.53. The standard InChI is InChI=1S/C25H18Cl2N2O5/c1-14(15-6-3-2-4-7-15)29-23(31)17-11-10-16(12-18(17)24(29)32)25(33)34-13-21(30)28-20-9-5-8-19(26)22(20)27/h2-12,14H,13H2,1H3,(H,28,30)/t14-/m0/s1. The predicted octanol–water partition coefficient (Wildman–Crippen LogP) is 5.15. The summed E-state index contributed by atoms with van der Waals surface area (Å²) in [6.45, 7) is 1.18. The second-order valence-corrected chi connectivity index (χ2v) is 8.34. The molecule has 4 rings (SSSR count). The lowest BCUT2D eigenvalue weighted by molar-refractivity contribution is -0.119. The van der Waals surface area contributed by atoms with E-state index >= 15 is 0 Å². The van der Waals surface area contributed by atoms with E-state index in [4.69, 9.17) is 27.9 Å². The van der Waals surface area contributed by atoms with Crippen LogP contribution in [-0.4, -0.2) is 35.2 Å². The van der Waals surface area contributed by atoms with Gasteiger partial charge in [-0.1, -0.05) is 59.6 Å². The van der Waals surface area contributed by atoms with E-state index in [9.17, 15) is 19.2 Å². The van der Waals surface area contributed by atoms with Crippen LogP contribution in [0.4, 0.5) is 5.69 Å². The lowest BCUT2D eigenvalue weighted by Crippen LogP contribution is -2.32. The number of fused-ring (bicyclic) bond motifs is 1. The number of ether oxygens (including phenoxy) is 1. The molecule has 34 heavy (non-hydrogen) atoms. The van der Waals surface area contributed by atoms with Crippen LogP contribution in [0.1, 0.15) is 49.6 Å². The number of benzene rings is 3. The van der Waals surface area contributed by atoms with Crippen molar-refractivity contribution in [2.24, 2.45) is 0 Å². The van der Waals surface area contributed by atoms with Gasteiger partial charge in [-0.05, 0) is 42.8 Å². The number of carbonyl (C=O) groups excluding carboxylic acids is 4. The molecule has 7 nitrogen and oxygen atoms in total. The van der Waals surface area contributed by atoms with E-state index in [-0.39, 0.29) is 32.4 Å². The van der Waals surface area contributed by atoms with Gasteiger partial charge >= 0.3 is 5.97 Å². The molecule has 9 heteroatoms. The predicted molar refractivity (Wildman–Crippen MR) is 127 cm³/mol. The van der Waals surface area contributed by atoms with E-state index in [1.165, 1.54) is 18.2 Å². The van der Waals surface area contributed by atoms with Crippen LogP contribution in [0.15, 0.2) is 66.7 Å². The second-order valence-electron chi connectivity index (χ2n) is 7.55. The highest BCUT2D eigenvalue weighted by Gasteiger charge is 2.39. The Morgan fingerprint density at radius 1 is 0.941 bits per heavy atom. The van der Waals surface area contributed by atoms with Gasteiger partial charge in [-0.2, -0.15) is 0 Å². The van der Waals surface area contributed by atoms with Crippen LogP contribution in [0, 0.1) is 0 Å². The molecule has 0 spiro atoms. The molecule has 0 saturated heterocycles. The van der Waals surface area contributed by atoms with Gasteiger partial charge in [-0.25, -0.2) is 4.79 Å². The Morgan fingerprint density at radius 2 is 1.65 bits per heavy atom. The lowest BCUT2D eigenvalue weighted by atomic mass is 10.1. The van der Waals surface area contributed by atoms with E-state index < -0.39 is 36.3 Å². The van der Waals surface area contributed by atoms with Crippen LogP contribution in [0.2, 0.25) is 10.0 Å². The van der Waals surface area contributed by atoms with Crippen molar-refractivity contribution in [2.45, 2.75) is 13.0 Å². The van der Waals surface area contributed by atoms with Gasteiger partial charge in [-0.15, -0.1) is 0 Å². The molecule has 0 aliphatic carbocycles. The Bertz CT molecular complexity index is 1310. The molecule has 0 fully saturated rings. The number of carbonyl (C=O) groups is 4. The molecule has 0 radical (unpaired) electrons. The van der Waals surface area contributed by atoms with Crippen LogP contribution in [0.25, 0.3) is 0 Å². The summed E-state index contributed by atoms with van der Waals surface area (Å²) in [5, 5.41) is 2.94. The van der Waals surface area contributed by atoms with E-state index in [1.54, 1.807) is 25.1 Å². The van der Waals surface area contributed by atoms with Gasteiger partial charge in [0.15, 0.2) is 6.61 Å². The van der Waals surface area contributed by atoms with Gasteiger partial charge in [0.05, 0.1) is 38.5 Å². The van der Waals surface area contributed by atoms with Gasteiger partial charge in [0.25, 0.3) is 17.7 Å². The molecular weight excluding hydrogens is 479 g/mol. The summed E-state index contributed by atoms with van der Waals surface area (Å²) in [5.41, 5.74) is 1.45. The topological polar surface area (TPSA) is 92.8 Å². The first-order valence-electron chi connectivity index (χ1n) is 10.3. The van der Waals surface area contributed by atoms with E-state index in [0.29, 0.717) is 0 Å². The molecule has 0 bridgehead atoms. The van der Waals surface area contributed by atoms with Crippen LogP contribution in [0.5, 0.6) is 0 Å². The summed E-state index contributed by atoms with van der Waals surface area (Å²) >= 11 is 11.9. The zero-order valence-corrected chi connectivity index (χ0v) is 19.4. The fraction of sp³-hybridized carbons (Fsp3) is 0.120. The third-order valence-electron chi connectivity index (χ3n) is 5.38. The molecule has 0 unspecified atom stereocenters. The van der Waals surface area contributed by atoms with Crippen molar-refractivity contribution < 1.29 is 23.9 Å². The number of esters is 1. The second kappa shape index (κ2) is 9.67. The molecule has 0 saturated carbocycles. The van der Waals surface area contributed by atoms with Crippen molar-refractivity contribution in [1.82, 2.24) is 4.90 Å².